The molecule has 0 radical (unpaired) electrons. The normalized spacial score (nSPS) is 10.8. The van der Waals surface area contributed by atoms with E-state index < -0.39 is 4.92 Å². The van der Waals surface area contributed by atoms with E-state index in [1.807, 2.05) is 24.4 Å². The van der Waals surface area contributed by atoms with Gasteiger partial charge < -0.3 is 8.82 Å². The summed E-state index contributed by atoms with van der Waals surface area (Å²) in [5.41, 5.74) is 1.09. The van der Waals surface area contributed by atoms with Crippen LogP contribution in [-0.2, 0) is 0 Å². The van der Waals surface area contributed by atoms with Gasteiger partial charge in [0.2, 0.25) is 5.76 Å². The van der Waals surface area contributed by atoms with Crippen LogP contribution in [0.25, 0.3) is 17.1 Å². The Balaban J connectivity index is 2.20. The van der Waals surface area contributed by atoms with Gasteiger partial charge in [-0.3, -0.25) is 10.1 Å². The van der Waals surface area contributed by atoms with Crippen molar-refractivity contribution >= 4 is 11.3 Å². The van der Waals surface area contributed by atoms with Crippen LogP contribution in [0.4, 0.5) is 5.69 Å². The standard InChI is InChI=1S/C11H7N3O3/c15-14(16)9-4-6-17-11(9)8-7-13-5-2-1-3-10(13)12-8/h1-7H. The van der Waals surface area contributed by atoms with Crippen molar-refractivity contribution in [2.75, 3.05) is 0 Å². The average Bonchev–Trinajstić information content (AvgIpc) is 2.95. The molecule has 84 valence electrons. The summed E-state index contributed by atoms with van der Waals surface area (Å²) in [6.45, 7) is 0. The topological polar surface area (TPSA) is 73.6 Å². The van der Waals surface area contributed by atoms with Crippen LogP contribution in [0.15, 0.2) is 47.3 Å². The number of aromatic nitrogens is 2. The van der Waals surface area contributed by atoms with Gasteiger partial charge in [0.25, 0.3) is 0 Å². The Morgan fingerprint density at radius 3 is 3.00 bits per heavy atom. The van der Waals surface area contributed by atoms with Crippen LogP contribution in [0.2, 0.25) is 0 Å². The van der Waals surface area contributed by atoms with Crippen LogP contribution in [0.5, 0.6) is 0 Å². The molecule has 3 aromatic heterocycles. The van der Waals surface area contributed by atoms with Crippen LogP contribution in [0.3, 0.4) is 0 Å². The highest BCUT2D eigenvalue weighted by Gasteiger charge is 2.21. The van der Waals surface area contributed by atoms with Crippen molar-refractivity contribution in [3.8, 4) is 11.5 Å². The van der Waals surface area contributed by atoms with E-state index in [2.05, 4.69) is 4.98 Å². The lowest BCUT2D eigenvalue weighted by Gasteiger charge is -1.89. The van der Waals surface area contributed by atoms with Crippen LogP contribution in [0.1, 0.15) is 0 Å². The second-order valence-electron chi connectivity index (χ2n) is 3.48. The zero-order valence-corrected chi connectivity index (χ0v) is 8.61. The van der Waals surface area contributed by atoms with E-state index in [1.165, 1.54) is 12.3 Å². The molecule has 0 fully saturated rings. The van der Waals surface area contributed by atoms with Gasteiger partial charge in [0, 0.05) is 12.4 Å². The first-order valence-electron chi connectivity index (χ1n) is 4.92. The molecule has 0 spiro atoms. The summed E-state index contributed by atoms with van der Waals surface area (Å²) in [6.07, 6.45) is 4.80. The van der Waals surface area contributed by atoms with Crippen molar-refractivity contribution in [2.24, 2.45) is 0 Å². The molecule has 6 heteroatoms. The molecule has 0 aliphatic carbocycles. The summed E-state index contributed by atoms with van der Waals surface area (Å²) in [7, 11) is 0. The Hall–Kier alpha value is -2.63. The van der Waals surface area contributed by atoms with Crippen molar-refractivity contribution in [1.29, 1.82) is 0 Å². The monoisotopic (exact) mass is 229 g/mol. The van der Waals surface area contributed by atoms with Crippen molar-refractivity contribution in [1.82, 2.24) is 9.38 Å². The highest BCUT2D eigenvalue weighted by Crippen LogP contribution is 2.30. The number of pyridine rings is 1. The fourth-order valence-corrected chi connectivity index (χ4v) is 1.68. The number of nitro groups is 1. The number of nitrogens with zero attached hydrogens (tertiary/aromatic N) is 3. The van der Waals surface area contributed by atoms with E-state index in [9.17, 15) is 10.1 Å². The molecule has 0 aromatic carbocycles. The second kappa shape index (κ2) is 3.44. The number of imidazole rings is 1. The van der Waals surface area contributed by atoms with Crippen LogP contribution >= 0.6 is 0 Å². The van der Waals surface area contributed by atoms with Crippen molar-refractivity contribution in [3.63, 3.8) is 0 Å². The largest absolute Gasteiger partial charge is 0.455 e. The van der Waals surface area contributed by atoms with Gasteiger partial charge in [0.05, 0.1) is 17.3 Å². The molecule has 0 N–H and O–H groups in total. The maximum Gasteiger partial charge on any atom is 0.316 e. The van der Waals surface area contributed by atoms with Crippen LogP contribution < -0.4 is 0 Å². The Kier molecular flexibility index (Phi) is 1.94. The molecule has 17 heavy (non-hydrogen) atoms. The molecule has 0 bridgehead atoms. The zero-order valence-electron chi connectivity index (χ0n) is 8.61. The Morgan fingerprint density at radius 1 is 1.35 bits per heavy atom. The molecule has 0 saturated heterocycles. The first-order chi connectivity index (χ1) is 8.25. The third-order valence-electron chi connectivity index (χ3n) is 2.44. The third-order valence-corrected chi connectivity index (χ3v) is 2.44. The van der Waals surface area contributed by atoms with Crippen molar-refractivity contribution in [2.45, 2.75) is 0 Å². The van der Waals surface area contributed by atoms with Crippen LogP contribution in [0, 0.1) is 10.1 Å². The average molecular weight is 229 g/mol. The second-order valence-corrected chi connectivity index (χ2v) is 3.48. The smallest absolute Gasteiger partial charge is 0.316 e. The third kappa shape index (κ3) is 1.46. The summed E-state index contributed by atoms with van der Waals surface area (Å²) in [4.78, 5) is 14.6. The summed E-state index contributed by atoms with van der Waals surface area (Å²) in [5, 5.41) is 10.8. The van der Waals surface area contributed by atoms with Gasteiger partial charge in [0.1, 0.15) is 11.3 Å². The molecule has 0 aliphatic rings. The number of hydrogen-bond acceptors (Lipinski definition) is 4. The Labute approximate surface area is 95.3 Å². The fraction of sp³-hybridized carbons (Fsp3) is 0. The molecule has 0 atom stereocenters. The number of furan rings is 1. The lowest BCUT2D eigenvalue weighted by atomic mass is 10.3. The predicted octanol–water partition coefficient (Wildman–Crippen LogP) is 2.50. The minimum Gasteiger partial charge on any atom is -0.455 e. The molecule has 0 amide bonds. The number of rotatable bonds is 2. The predicted molar refractivity (Wildman–Crippen MR) is 59.5 cm³/mol. The van der Waals surface area contributed by atoms with Gasteiger partial charge in [-0.2, -0.15) is 0 Å². The van der Waals surface area contributed by atoms with Crippen molar-refractivity contribution < 1.29 is 9.34 Å². The minimum atomic E-state index is -0.483. The highest BCUT2D eigenvalue weighted by molar-refractivity contribution is 5.66. The first-order valence-corrected chi connectivity index (χ1v) is 4.92. The lowest BCUT2D eigenvalue weighted by Crippen LogP contribution is -1.87. The summed E-state index contributed by atoms with van der Waals surface area (Å²) >= 11 is 0. The Morgan fingerprint density at radius 2 is 2.24 bits per heavy atom. The quantitative estimate of drug-likeness (QED) is 0.499. The highest BCUT2D eigenvalue weighted by atomic mass is 16.6. The minimum absolute atomic E-state index is 0.0755. The van der Waals surface area contributed by atoms with E-state index in [1.54, 1.807) is 10.6 Å². The molecule has 3 heterocycles. The molecule has 3 aromatic rings. The van der Waals surface area contributed by atoms with E-state index >= 15 is 0 Å². The molecule has 0 unspecified atom stereocenters. The number of hydrogen-bond donors (Lipinski definition) is 0. The van der Waals surface area contributed by atoms with Gasteiger partial charge >= 0.3 is 5.69 Å². The van der Waals surface area contributed by atoms with Gasteiger partial charge in [0.15, 0.2) is 0 Å². The summed E-state index contributed by atoms with van der Waals surface area (Å²) < 4.78 is 6.90. The summed E-state index contributed by atoms with van der Waals surface area (Å²) in [6, 6.07) is 6.84. The fourth-order valence-electron chi connectivity index (χ4n) is 1.68. The van der Waals surface area contributed by atoms with Gasteiger partial charge in [-0.1, -0.05) is 6.07 Å². The molecule has 0 saturated carbocycles. The molecule has 3 rings (SSSR count). The molecular formula is C11H7N3O3. The van der Waals surface area contributed by atoms with Crippen LogP contribution in [-0.4, -0.2) is 14.3 Å². The molecule has 6 nitrogen and oxygen atoms in total. The van der Waals surface area contributed by atoms with E-state index in [-0.39, 0.29) is 11.4 Å². The summed E-state index contributed by atoms with van der Waals surface area (Å²) in [5.74, 6) is 0.179. The van der Waals surface area contributed by atoms with Gasteiger partial charge in [-0.25, -0.2) is 4.98 Å². The first kappa shape index (κ1) is 9.59. The number of fused-ring (bicyclic) bond motifs is 1. The molecule has 0 aliphatic heterocycles. The van der Waals surface area contributed by atoms with Gasteiger partial charge in [-0.15, -0.1) is 0 Å². The molecular weight excluding hydrogens is 222 g/mol. The SMILES string of the molecule is O=[N+]([O-])c1ccoc1-c1cn2ccccc2n1. The maximum atomic E-state index is 10.8. The lowest BCUT2D eigenvalue weighted by molar-refractivity contribution is -0.384. The van der Waals surface area contributed by atoms with E-state index in [0.29, 0.717) is 11.3 Å². The zero-order chi connectivity index (χ0) is 11.8. The van der Waals surface area contributed by atoms with Crippen molar-refractivity contribution in [3.05, 3.63) is 53.0 Å². The van der Waals surface area contributed by atoms with E-state index in [0.717, 1.165) is 0 Å². The van der Waals surface area contributed by atoms with E-state index in [4.69, 9.17) is 4.42 Å². The maximum absolute atomic E-state index is 10.8. The van der Waals surface area contributed by atoms with Gasteiger partial charge in [-0.05, 0) is 12.1 Å². The Bertz CT molecular complexity index is 666.